The molecule has 1 aliphatic heterocycles. The van der Waals surface area contributed by atoms with Gasteiger partial charge in [-0.3, -0.25) is 0 Å². The number of nitrogens with zero attached hydrogens (tertiary/aromatic N) is 1. The number of aryl methyl sites for hydroxylation is 1. The van der Waals surface area contributed by atoms with Gasteiger partial charge >= 0.3 is 0 Å². The van der Waals surface area contributed by atoms with Gasteiger partial charge in [0.25, 0.3) is 0 Å². The fourth-order valence-electron chi connectivity index (χ4n) is 1.98. The van der Waals surface area contributed by atoms with E-state index in [1.165, 1.54) is 27.4 Å². The number of aromatic nitrogens is 1. The van der Waals surface area contributed by atoms with Crippen molar-refractivity contribution >= 4 is 17.0 Å². The molecule has 0 saturated heterocycles. The third-order valence-corrected chi connectivity index (χ3v) is 3.64. The Kier molecular flexibility index (Phi) is 1.99. The first kappa shape index (κ1) is 8.92. The van der Waals surface area contributed by atoms with E-state index in [-0.39, 0.29) is 0 Å². The summed E-state index contributed by atoms with van der Waals surface area (Å²) in [5.41, 5.74) is 7.03. The minimum Gasteiger partial charge on any atom is -0.384 e. The summed E-state index contributed by atoms with van der Waals surface area (Å²) in [4.78, 5) is 5.76. The highest BCUT2D eigenvalue weighted by atomic mass is 32.1. The molecule has 0 saturated carbocycles. The summed E-state index contributed by atoms with van der Waals surface area (Å²) < 4.78 is 0. The smallest absolute Gasteiger partial charge is 0.0801 e. The lowest BCUT2D eigenvalue weighted by Gasteiger charge is -2.07. The van der Waals surface area contributed by atoms with Crippen molar-refractivity contribution in [3.05, 3.63) is 35.0 Å². The van der Waals surface area contributed by atoms with E-state index in [0.717, 1.165) is 13.0 Å². The number of thiazole rings is 1. The maximum absolute atomic E-state index is 4.42. The Morgan fingerprint density at radius 2 is 2.33 bits per heavy atom. The van der Waals surface area contributed by atoms with Crippen molar-refractivity contribution in [1.82, 2.24) is 4.98 Å². The van der Waals surface area contributed by atoms with E-state index in [0.29, 0.717) is 0 Å². The second kappa shape index (κ2) is 3.35. The first-order valence-corrected chi connectivity index (χ1v) is 6.00. The number of rotatable bonds is 0. The minimum absolute atomic E-state index is 0.979. The summed E-state index contributed by atoms with van der Waals surface area (Å²) in [5.74, 6) is 0. The van der Waals surface area contributed by atoms with Crippen molar-refractivity contribution in [2.45, 2.75) is 13.3 Å². The molecule has 0 atom stereocenters. The monoisotopic (exact) mass is 216 g/mol. The predicted octanol–water partition coefficient (Wildman–Crippen LogP) is 3.09. The average molecular weight is 216 g/mol. The molecular weight excluding hydrogens is 204 g/mol. The predicted molar refractivity (Wildman–Crippen MR) is 64.5 cm³/mol. The Balaban J connectivity index is 2.27. The molecule has 3 rings (SSSR count). The number of hydrogen-bond acceptors (Lipinski definition) is 3. The van der Waals surface area contributed by atoms with Crippen molar-refractivity contribution in [2.75, 3.05) is 11.9 Å². The van der Waals surface area contributed by atoms with Gasteiger partial charge in [0.1, 0.15) is 0 Å². The molecular formula is C12H12N2S. The van der Waals surface area contributed by atoms with Crippen LogP contribution in [-0.2, 0) is 6.42 Å². The lowest BCUT2D eigenvalue weighted by Crippen LogP contribution is -2.02. The van der Waals surface area contributed by atoms with Crippen LogP contribution in [0.4, 0.5) is 5.69 Å². The highest BCUT2D eigenvalue weighted by Gasteiger charge is 2.15. The quantitative estimate of drug-likeness (QED) is 0.732. The van der Waals surface area contributed by atoms with Gasteiger partial charge in [0, 0.05) is 24.2 Å². The minimum atomic E-state index is 0.979. The lowest BCUT2D eigenvalue weighted by molar-refractivity contribution is 0.990. The van der Waals surface area contributed by atoms with Gasteiger partial charge in [0.05, 0.1) is 16.1 Å². The molecule has 1 N–H and O–H groups in total. The third-order valence-electron chi connectivity index (χ3n) is 2.74. The topological polar surface area (TPSA) is 24.9 Å². The van der Waals surface area contributed by atoms with Crippen LogP contribution in [0.1, 0.15) is 11.3 Å². The Morgan fingerprint density at radius 3 is 3.27 bits per heavy atom. The van der Waals surface area contributed by atoms with Crippen molar-refractivity contribution in [3.63, 3.8) is 0 Å². The van der Waals surface area contributed by atoms with Gasteiger partial charge < -0.3 is 5.32 Å². The Labute approximate surface area is 93.0 Å². The molecule has 0 spiro atoms. The first-order chi connectivity index (χ1) is 7.34. The molecule has 15 heavy (non-hydrogen) atoms. The van der Waals surface area contributed by atoms with E-state index in [9.17, 15) is 0 Å². The molecule has 0 aliphatic carbocycles. The molecule has 0 radical (unpaired) electrons. The van der Waals surface area contributed by atoms with Crippen molar-refractivity contribution in [2.24, 2.45) is 0 Å². The molecule has 2 nitrogen and oxygen atoms in total. The first-order valence-electron chi connectivity index (χ1n) is 5.12. The largest absolute Gasteiger partial charge is 0.384 e. The van der Waals surface area contributed by atoms with E-state index in [1.807, 2.05) is 5.51 Å². The van der Waals surface area contributed by atoms with Crippen LogP contribution in [0.5, 0.6) is 0 Å². The van der Waals surface area contributed by atoms with Gasteiger partial charge in [-0.15, -0.1) is 11.3 Å². The highest BCUT2D eigenvalue weighted by Crippen LogP contribution is 2.36. The van der Waals surface area contributed by atoms with Crippen molar-refractivity contribution in [1.29, 1.82) is 0 Å². The molecule has 0 fully saturated rings. The molecule has 3 heteroatoms. The van der Waals surface area contributed by atoms with E-state index in [2.05, 4.69) is 35.4 Å². The van der Waals surface area contributed by atoms with Crippen LogP contribution >= 0.6 is 11.3 Å². The number of anilines is 1. The second-order valence-electron chi connectivity index (χ2n) is 3.85. The molecule has 1 aromatic heterocycles. The lowest BCUT2D eigenvalue weighted by atomic mass is 10.1. The van der Waals surface area contributed by atoms with E-state index < -0.39 is 0 Å². The summed E-state index contributed by atoms with van der Waals surface area (Å²) in [7, 11) is 0. The molecule has 1 aliphatic rings. The zero-order chi connectivity index (χ0) is 10.3. The van der Waals surface area contributed by atoms with Gasteiger partial charge in [-0.1, -0.05) is 11.6 Å². The molecule has 2 aromatic rings. The molecule has 0 unspecified atom stereocenters. The zero-order valence-corrected chi connectivity index (χ0v) is 9.40. The average Bonchev–Trinajstić information content (AvgIpc) is 2.62. The normalized spacial score (nSPS) is 13.7. The standard InChI is InChI=1S/C12H12N2S/c1-8-2-3-10-9(6-8)12-11(4-5-13-10)14-7-15-12/h2-3,6-7,13H,4-5H2,1H3. The summed E-state index contributed by atoms with van der Waals surface area (Å²) in [6.45, 7) is 3.11. The molecule has 0 bridgehead atoms. The summed E-state index contributed by atoms with van der Waals surface area (Å²) in [6.07, 6.45) is 1.02. The van der Waals surface area contributed by atoms with Gasteiger partial charge in [-0.25, -0.2) is 4.98 Å². The van der Waals surface area contributed by atoms with Crippen LogP contribution in [0.3, 0.4) is 0 Å². The summed E-state index contributed by atoms with van der Waals surface area (Å²) in [6, 6.07) is 6.56. The Morgan fingerprint density at radius 1 is 1.40 bits per heavy atom. The highest BCUT2D eigenvalue weighted by molar-refractivity contribution is 7.13. The SMILES string of the molecule is Cc1ccc2c(c1)-c1scnc1CCN2. The van der Waals surface area contributed by atoms with E-state index in [4.69, 9.17) is 0 Å². The van der Waals surface area contributed by atoms with Crippen LogP contribution < -0.4 is 5.32 Å². The number of fused-ring (bicyclic) bond motifs is 3. The van der Waals surface area contributed by atoms with Gasteiger partial charge in [-0.05, 0) is 19.1 Å². The van der Waals surface area contributed by atoms with Crippen LogP contribution in [0.15, 0.2) is 23.7 Å². The summed E-state index contributed by atoms with van der Waals surface area (Å²) >= 11 is 1.74. The maximum atomic E-state index is 4.42. The van der Waals surface area contributed by atoms with Crippen LogP contribution in [0.2, 0.25) is 0 Å². The van der Waals surface area contributed by atoms with Crippen molar-refractivity contribution in [3.8, 4) is 10.4 Å². The Bertz CT molecular complexity index is 502. The molecule has 0 amide bonds. The number of hydrogen-bond donors (Lipinski definition) is 1. The summed E-state index contributed by atoms with van der Waals surface area (Å²) in [5, 5.41) is 3.45. The van der Waals surface area contributed by atoms with E-state index in [1.54, 1.807) is 11.3 Å². The zero-order valence-electron chi connectivity index (χ0n) is 8.58. The second-order valence-corrected chi connectivity index (χ2v) is 4.71. The molecule has 76 valence electrons. The van der Waals surface area contributed by atoms with Gasteiger partial charge in [0.15, 0.2) is 0 Å². The van der Waals surface area contributed by atoms with Crippen molar-refractivity contribution < 1.29 is 0 Å². The van der Waals surface area contributed by atoms with Gasteiger partial charge in [-0.2, -0.15) is 0 Å². The molecule has 2 heterocycles. The third kappa shape index (κ3) is 1.43. The Hall–Kier alpha value is -1.35. The molecule has 1 aromatic carbocycles. The number of nitrogens with one attached hydrogen (secondary N) is 1. The fourth-order valence-corrected chi connectivity index (χ4v) is 2.85. The maximum Gasteiger partial charge on any atom is 0.0801 e. The van der Waals surface area contributed by atoms with Crippen LogP contribution in [-0.4, -0.2) is 11.5 Å². The van der Waals surface area contributed by atoms with Crippen LogP contribution in [0, 0.1) is 6.92 Å². The van der Waals surface area contributed by atoms with Gasteiger partial charge in [0.2, 0.25) is 0 Å². The van der Waals surface area contributed by atoms with Crippen LogP contribution in [0.25, 0.3) is 10.4 Å². The fraction of sp³-hybridized carbons (Fsp3) is 0.250. The van der Waals surface area contributed by atoms with E-state index >= 15 is 0 Å². The number of benzene rings is 1.